The maximum atomic E-state index is 13.1. The number of hydrogen-bond donors (Lipinski definition) is 0. The van der Waals surface area contributed by atoms with Crippen molar-refractivity contribution in [2.75, 3.05) is 0 Å². The fraction of sp³-hybridized carbons (Fsp3) is 0. The van der Waals surface area contributed by atoms with Crippen molar-refractivity contribution in [2.45, 2.75) is 0 Å². The van der Waals surface area contributed by atoms with Gasteiger partial charge < -0.3 is 0 Å². The Hall–Kier alpha value is -3.09. The Bertz CT molecular complexity index is 903. The molecular weight excluding hydrogens is 277 g/mol. The largest absolute Gasteiger partial charge is 0.269 e. The number of halogens is 1. The number of aromatic nitrogens is 2. The number of fused-ring (bicyclic) bond motifs is 1. The van der Waals surface area contributed by atoms with Crippen LogP contribution < -0.4 is 5.56 Å². The van der Waals surface area contributed by atoms with Crippen molar-refractivity contribution in [3.8, 4) is 5.69 Å². The number of nitro groups is 1. The SMILES string of the molecule is O=c1c2ccc(F)cc2ncn1-c1ccc([N+](=O)[O-])cc1. The summed E-state index contributed by atoms with van der Waals surface area (Å²) in [6.45, 7) is 0. The molecule has 0 N–H and O–H groups in total. The summed E-state index contributed by atoms with van der Waals surface area (Å²) >= 11 is 0. The molecule has 0 amide bonds. The van der Waals surface area contributed by atoms with Crippen LogP contribution in [-0.4, -0.2) is 14.5 Å². The van der Waals surface area contributed by atoms with Gasteiger partial charge in [0, 0.05) is 18.2 Å². The quantitative estimate of drug-likeness (QED) is 0.535. The first-order chi connectivity index (χ1) is 10.1. The Labute approximate surface area is 117 Å². The Balaban J connectivity index is 2.16. The molecule has 0 spiro atoms. The maximum Gasteiger partial charge on any atom is 0.269 e. The molecule has 7 heteroatoms. The van der Waals surface area contributed by atoms with Gasteiger partial charge in [-0.2, -0.15) is 0 Å². The molecule has 0 unspecified atom stereocenters. The average Bonchev–Trinajstić information content (AvgIpc) is 2.47. The summed E-state index contributed by atoms with van der Waals surface area (Å²) in [6, 6.07) is 9.24. The van der Waals surface area contributed by atoms with Gasteiger partial charge in [0.25, 0.3) is 11.2 Å². The molecule has 0 saturated heterocycles. The van der Waals surface area contributed by atoms with Crippen LogP contribution in [0.2, 0.25) is 0 Å². The molecule has 3 rings (SSSR count). The van der Waals surface area contributed by atoms with Crippen LogP contribution in [0.15, 0.2) is 53.6 Å². The zero-order valence-electron chi connectivity index (χ0n) is 10.6. The standard InChI is InChI=1S/C14H8FN3O3/c15-9-1-6-12-13(7-9)16-8-17(14(12)19)10-2-4-11(5-3-10)18(20)21/h1-8H. The molecule has 2 aromatic carbocycles. The van der Waals surface area contributed by atoms with E-state index < -0.39 is 10.7 Å². The molecule has 0 atom stereocenters. The van der Waals surface area contributed by atoms with Gasteiger partial charge in [0.15, 0.2) is 0 Å². The van der Waals surface area contributed by atoms with Gasteiger partial charge in [0.1, 0.15) is 12.1 Å². The Morgan fingerprint density at radius 3 is 2.52 bits per heavy atom. The third-order valence-electron chi connectivity index (χ3n) is 3.06. The molecule has 1 heterocycles. The van der Waals surface area contributed by atoms with Crippen molar-refractivity contribution in [1.29, 1.82) is 0 Å². The summed E-state index contributed by atoms with van der Waals surface area (Å²) in [7, 11) is 0. The van der Waals surface area contributed by atoms with E-state index in [0.717, 1.165) is 0 Å². The van der Waals surface area contributed by atoms with Crippen molar-refractivity contribution in [3.63, 3.8) is 0 Å². The summed E-state index contributed by atoms with van der Waals surface area (Å²) in [5.74, 6) is -0.470. The second kappa shape index (κ2) is 4.78. The molecule has 0 fully saturated rings. The van der Waals surface area contributed by atoms with Gasteiger partial charge in [-0.3, -0.25) is 19.5 Å². The zero-order chi connectivity index (χ0) is 15.0. The highest BCUT2D eigenvalue weighted by molar-refractivity contribution is 5.77. The molecule has 6 nitrogen and oxygen atoms in total. The predicted octanol–water partition coefficient (Wildman–Crippen LogP) is 2.43. The molecule has 1 aromatic heterocycles. The highest BCUT2D eigenvalue weighted by Gasteiger charge is 2.09. The number of rotatable bonds is 2. The van der Waals surface area contributed by atoms with E-state index in [1.54, 1.807) is 0 Å². The van der Waals surface area contributed by atoms with Crippen molar-refractivity contribution in [2.24, 2.45) is 0 Å². The van der Waals surface area contributed by atoms with E-state index in [9.17, 15) is 19.3 Å². The summed E-state index contributed by atoms with van der Waals surface area (Å²) < 4.78 is 14.4. The van der Waals surface area contributed by atoms with Crippen molar-refractivity contribution in [1.82, 2.24) is 9.55 Å². The van der Waals surface area contributed by atoms with Crippen molar-refractivity contribution in [3.05, 3.63) is 75.1 Å². The minimum atomic E-state index is -0.520. The van der Waals surface area contributed by atoms with Crippen molar-refractivity contribution < 1.29 is 9.31 Å². The van der Waals surface area contributed by atoms with E-state index >= 15 is 0 Å². The molecule has 21 heavy (non-hydrogen) atoms. The summed E-state index contributed by atoms with van der Waals surface area (Å²) in [6.07, 6.45) is 1.27. The van der Waals surface area contributed by atoms with Crippen LogP contribution in [0, 0.1) is 15.9 Å². The molecular formula is C14H8FN3O3. The Morgan fingerprint density at radius 2 is 1.86 bits per heavy atom. The average molecular weight is 285 g/mol. The number of non-ortho nitro benzene ring substituents is 1. The fourth-order valence-electron chi connectivity index (χ4n) is 2.01. The normalized spacial score (nSPS) is 10.7. The summed E-state index contributed by atoms with van der Waals surface area (Å²) in [4.78, 5) is 26.4. The second-order valence-electron chi connectivity index (χ2n) is 4.35. The lowest BCUT2D eigenvalue weighted by atomic mass is 10.2. The second-order valence-corrected chi connectivity index (χ2v) is 4.35. The highest BCUT2D eigenvalue weighted by atomic mass is 19.1. The van der Waals surface area contributed by atoms with E-state index in [1.807, 2.05) is 0 Å². The van der Waals surface area contributed by atoms with Gasteiger partial charge in [-0.1, -0.05) is 0 Å². The molecule has 104 valence electrons. The monoisotopic (exact) mass is 285 g/mol. The summed E-state index contributed by atoms with van der Waals surface area (Å²) in [5.41, 5.74) is 0.277. The Morgan fingerprint density at radius 1 is 1.14 bits per heavy atom. The minimum Gasteiger partial charge on any atom is -0.268 e. The van der Waals surface area contributed by atoms with Crippen LogP contribution in [0.3, 0.4) is 0 Å². The maximum absolute atomic E-state index is 13.1. The number of hydrogen-bond acceptors (Lipinski definition) is 4. The third-order valence-corrected chi connectivity index (χ3v) is 3.06. The first-order valence-electron chi connectivity index (χ1n) is 5.98. The first kappa shape index (κ1) is 12.9. The predicted molar refractivity (Wildman–Crippen MR) is 74.0 cm³/mol. The van der Waals surface area contributed by atoms with E-state index in [-0.39, 0.29) is 22.1 Å². The number of nitrogens with zero attached hydrogens (tertiary/aromatic N) is 3. The summed E-state index contributed by atoms with van der Waals surface area (Å²) in [5, 5.41) is 10.9. The minimum absolute atomic E-state index is 0.0670. The molecule has 3 aromatic rings. The number of benzene rings is 2. The van der Waals surface area contributed by atoms with Gasteiger partial charge in [-0.15, -0.1) is 0 Å². The van der Waals surface area contributed by atoms with Gasteiger partial charge in [-0.25, -0.2) is 9.37 Å². The smallest absolute Gasteiger partial charge is 0.268 e. The zero-order valence-corrected chi connectivity index (χ0v) is 10.6. The van der Waals surface area contributed by atoms with Gasteiger partial charge in [-0.05, 0) is 24.3 Å². The van der Waals surface area contributed by atoms with E-state index in [4.69, 9.17) is 0 Å². The van der Waals surface area contributed by atoms with Crippen LogP contribution in [0.25, 0.3) is 16.6 Å². The first-order valence-corrected chi connectivity index (χ1v) is 5.98. The van der Waals surface area contributed by atoms with Crippen LogP contribution in [0.4, 0.5) is 10.1 Å². The molecule has 0 aliphatic rings. The number of nitro benzene ring substituents is 1. The van der Waals surface area contributed by atoms with Gasteiger partial charge in [0.2, 0.25) is 0 Å². The molecule has 0 aliphatic carbocycles. The van der Waals surface area contributed by atoms with E-state index in [0.29, 0.717) is 5.69 Å². The molecule has 0 radical (unpaired) electrons. The van der Waals surface area contributed by atoms with E-state index in [2.05, 4.69) is 4.98 Å². The third kappa shape index (κ3) is 2.25. The van der Waals surface area contributed by atoms with E-state index in [1.165, 1.54) is 53.4 Å². The lowest BCUT2D eigenvalue weighted by molar-refractivity contribution is -0.384. The Kier molecular flexibility index (Phi) is 2.94. The van der Waals surface area contributed by atoms with Crippen LogP contribution in [0.1, 0.15) is 0 Å². The highest BCUT2D eigenvalue weighted by Crippen LogP contribution is 2.15. The lowest BCUT2D eigenvalue weighted by Gasteiger charge is -2.06. The van der Waals surface area contributed by atoms with Crippen LogP contribution in [-0.2, 0) is 0 Å². The molecule has 0 bridgehead atoms. The fourth-order valence-corrected chi connectivity index (χ4v) is 2.01. The topological polar surface area (TPSA) is 78.0 Å². The molecule has 0 saturated carbocycles. The van der Waals surface area contributed by atoms with Gasteiger partial charge >= 0.3 is 0 Å². The molecule has 0 aliphatic heterocycles. The lowest BCUT2D eigenvalue weighted by Crippen LogP contribution is -2.18. The van der Waals surface area contributed by atoms with Crippen molar-refractivity contribution >= 4 is 16.6 Å². The van der Waals surface area contributed by atoms with Crippen LogP contribution in [0.5, 0.6) is 0 Å². The van der Waals surface area contributed by atoms with Crippen LogP contribution >= 0.6 is 0 Å². The van der Waals surface area contributed by atoms with Gasteiger partial charge in [0.05, 0.1) is 21.5 Å².